The molecular formula is C16H27NO5. The predicted molar refractivity (Wildman–Crippen MR) is 80.7 cm³/mol. The summed E-state index contributed by atoms with van der Waals surface area (Å²) in [5.74, 6) is -0.931. The molecule has 0 radical (unpaired) electrons. The second kappa shape index (κ2) is 6.07. The lowest BCUT2D eigenvalue weighted by Crippen LogP contribution is -2.60. The number of aliphatic carboxylic acids is 1. The van der Waals surface area contributed by atoms with Gasteiger partial charge in [0.1, 0.15) is 11.1 Å². The molecule has 2 saturated carbocycles. The molecule has 1 N–H and O–H groups in total. The van der Waals surface area contributed by atoms with Crippen molar-refractivity contribution < 1.29 is 24.2 Å². The number of methoxy groups -OCH3 is 1. The molecule has 2 rings (SSSR count). The van der Waals surface area contributed by atoms with Crippen molar-refractivity contribution in [2.75, 3.05) is 7.11 Å². The summed E-state index contributed by atoms with van der Waals surface area (Å²) in [6.07, 6.45) is 3.39. The number of rotatable bonds is 4. The van der Waals surface area contributed by atoms with E-state index >= 15 is 0 Å². The van der Waals surface area contributed by atoms with Gasteiger partial charge in [0.05, 0.1) is 6.10 Å². The topological polar surface area (TPSA) is 76.1 Å². The van der Waals surface area contributed by atoms with E-state index in [2.05, 4.69) is 0 Å². The second-order valence-corrected chi connectivity index (χ2v) is 7.35. The maximum atomic E-state index is 12.6. The van der Waals surface area contributed by atoms with Crippen molar-refractivity contribution in [1.29, 1.82) is 0 Å². The van der Waals surface area contributed by atoms with Crippen molar-refractivity contribution in [2.24, 2.45) is 0 Å². The van der Waals surface area contributed by atoms with Gasteiger partial charge in [0.2, 0.25) is 0 Å². The first-order chi connectivity index (χ1) is 10.2. The monoisotopic (exact) mass is 313 g/mol. The molecule has 0 aromatic rings. The smallest absolute Gasteiger partial charge is 0.411 e. The van der Waals surface area contributed by atoms with Gasteiger partial charge in [0.25, 0.3) is 0 Å². The van der Waals surface area contributed by atoms with Crippen LogP contribution in [0.5, 0.6) is 0 Å². The summed E-state index contributed by atoms with van der Waals surface area (Å²) in [5.41, 5.74) is -1.79. The van der Waals surface area contributed by atoms with Gasteiger partial charge in [-0.2, -0.15) is 0 Å². The third-order valence-corrected chi connectivity index (χ3v) is 4.45. The lowest BCUT2D eigenvalue weighted by atomic mass is 9.79. The quantitative estimate of drug-likeness (QED) is 0.863. The van der Waals surface area contributed by atoms with E-state index in [4.69, 9.17) is 9.47 Å². The summed E-state index contributed by atoms with van der Waals surface area (Å²) >= 11 is 0. The van der Waals surface area contributed by atoms with Crippen LogP contribution in [0.25, 0.3) is 0 Å². The average Bonchev–Trinajstić information content (AvgIpc) is 3.22. The Hall–Kier alpha value is -1.30. The van der Waals surface area contributed by atoms with Crippen LogP contribution >= 0.6 is 0 Å². The van der Waals surface area contributed by atoms with Crippen LogP contribution in [0, 0.1) is 0 Å². The van der Waals surface area contributed by atoms with Crippen molar-refractivity contribution >= 4 is 12.1 Å². The summed E-state index contributed by atoms with van der Waals surface area (Å²) in [4.78, 5) is 26.1. The van der Waals surface area contributed by atoms with E-state index in [1.807, 2.05) is 0 Å². The van der Waals surface area contributed by atoms with Crippen molar-refractivity contribution in [3.8, 4) is 0 Å². The standard InChI is InChI=1S/C16H27NO5/c1-15(2,3)22-14(20)17(11-5-6-11)16(13(18)19)9-7-12(21-4)8-10-16/h11-12H,5-10H2,1-4H3,(H,18,19). The zero-order valence-corrected chi connectivity index (χ0v) is 13.9. The molecular weight excluding hydrogens is 286 g/mol. The average molecular weight is 313 g/mol. The number of carbonyl (C=O) groups is 2. The van der Waals surface area contributed by atoms with Crippen molar-refractivity contribution in [3.63, 3.8) is 0 Å². The minimum atomic E-state index is -1.15. The van der Waals surface area contributed by atoms with Gasteiger partial charge in [0, 0.05) is 13.2 Å². The maximum absolute atomic E-state index is 12.6. The number of nitrogens with zero attached hydrogens (tertiary/aromatic N) is 1. The normalized spacial score (nSPS) is 29.0. The SMILES string of the molecule is COC1CCC(C(=O)O)(N(C(=O)OC(C)(C)C)C2CC2)CC1. The third kappa shape index (κ3) is 3.54. The van der Waals surface area contributed by atoms with Crippen LogP contribution in [0.15, 0.2) is 0 Å². The molecule has 6 heteroatoms. The number of ether oxygens (including phenoxy) is 2. The van der Waals surface area contributed by atoms with Crippen LogP contribution in [-0.4, -0.2) is 52.5 Å². The zero-order chi connectivity index (χ0) is 16.5. The molecule has 1 amide bonds. The number of carboxylic acid groups (broad SMARTS) is 1. The number of amides is 1. The number of hydrogen-bond donors (Lipinski definition) is 1. The van der Waals surface area contributed by atoms with E-state index in [0.717, 1.165) is 12.8 Å². The van der Waals surface area contributed by atoms with E-state index in [0.29, 0.717) is 25.7 Å². The molecule has 0 aromatic heterocycles. The van der Waals surface area contributed by atoms with Gasteiger partial charge in [-0.3, -0.25) is 4.90 Å². The van der Waals surface area contributed by atoms with Gasteiger partial charge in [-0.25, -0.2) is 9.59 Å². The Morgan fingerprint density at radius 2 is 1.68 bits per heavy atom. The van der Waals surface area contributed by atoms with E-state index in [1.165, 1.54) is 4.90 Å². The number of carboxylic acids is 1. The minimum Gasteiger partial charge on any atom is -0.479 e. The molecule has 0 unspecified atom stereocenters. The molecule has 2 aliphatic carbocycles. The molecule has 22 heavy (non-hydrogen) atoms. The van der Waals surface area contributed by atoms with Gasteiger partial charge < -0.3 is 14.6 Å². The largest absolute Gasteiger partial charge is 0.479 e. The Kier molecular flexibility index (Phi) is 4.70. The van der Waals surface area contributed by atoms with Gasteiger partial charge in [0.15, 0.2) is 0 Å². The summed E-state index contributed by atoms with van der Waals surface area (Å²) in [6, 6.07) is -0.00922. The molecule has 2 fully saturated rings. The highest BCUT2D eigenvalue weighted by Gasteiger charge is 2.54. The highest BCUT2D eigenvalue weighted by molar-refractivity contribution is 5.85. The Balaban J connectivity index is 2.23. The van der Waals surface area contributed by atoms with E-state index in [9.17, 15) is 14.7 Å². The van der Waals surface area contributed by atoms with E-state index < -0.39 is 23.2 Å². The summed E-state index contributed by atoms with van der Waals surface area (Å²) in [6.45, 7) is 5.39. The van der Waals surface area contributed by atoms with Crippen LogP contribution in [0.3, 0.4) is 0 Å². The van der Waals surface area contributed by atoms with E-state index in [-0.39, 0.29) is 12.1 Å². The molecule has 0 aromatic carbocycles. The summed E-state index contributed by atoms with van der Waals surface area (Å²) in [7, 11) is 1.64. The fraction of sp³-hybridized carbons (Fsp3) is 0.875. The van der Waals surface area contributed by atoms with Crippen molar-refractivity contribution in [1.82, 2.24) is 4.90 Å². The molecule has 0 atom stereocenters. The zero-order valence-electron chi connectivity index (χ0n) is 13.9. The first kappa shape index (κ1) is 17.1. The Morgan fingerprint density at radius 3 is 2.05 bits per heavy atom. The van der Waals surface area contributed by atoms with Crippen molar-refractivity contribution in [3.05, 3.63) is 0 Å². The Morgan fingerprint density at radius 1 is 1.14 bits per heavy atom. The van der Waals surface area contributed by atoms with Gasteiger partial charge in [-0.15, -0.1) is 0 Å². The van der Waals surface area contributed by atoms with Crippen LogP contribution in [0.4, 0.5) is 4.79 Å². The number of carbonyl (C=O) groups excluding carboxylic acids is 1. The van der Waals surface area contributed by atoms with Gasteiger partial charge in [-0.05, 0) is 59.3 Å². The third-order valence-electron chi connectivity index (χ3n) is 4.45. The molecule has 0 bridgehead atoms. The van der Waals surface area contributed by atoms with E-state index in [1.54, 1.807) is 27.9 Å². The molecule has 126 valence electrons. The number of hydrogen-bond acceptors (Lipinski definition) is 4. The molecule has 0 aliphatic heterocycles. The highest BCUT2D eigenvalue weighted by Crippen LogP contribution is 2.42. The molecule has 6 nitrogen and oxygen atoms in total. The fourth-order valence-corrected chi connectivity index (χ4v) is 3.18. The molecule has 2 aliphatic rings. The van der Waals surface area contributed by atoms with Crippen LogP contribution in [0.2, 0.25) is 0 Å². The predicted octanol–water partition coefficient (Wildman–Crippen LogP) is 2.80. The highest BCUT2D eigenvalue weighted by atomic mass is 16.6. The van der Waals surface area contributed by atoms with Crippen molar-refractivity contribution in [2.45, 2.75) is 82.6 Å². The second-order valence-electron chi connectivity index (χ2n) is 7.35. The molecule has 0 heterocycles. The maximum Gasteiger partial charge on any atom is 0.411 e. The van der Waals surface area contributed by atoms with Crippen LogP contribution < -0.4 is 0 Å². The fourth-order valence-electron chi connectivity index (χ4n) is 3.18. The van der Waals surface area contributed by atoms with Gasteiger partial charge in [-0.1, -0.05) is 0 Å². The summed E-state index contributed by atoms with van der Waals surface area (Å²) in [5, 5.41) is 9.85. The lowest BCUT2D eigenvalue weighted by Gasteiger charge is -2.44. The summed E-state index contributed by atoms with van der Waals surface area (Å²) < 4.78 is 10.8. The van der Waals surface area contributed by atoms with Crippen LogP contribution in [0.1, 0.15) is 59.3 Å². The molecule has 0 saturated heterocycles. The van der Waals surface area contributed by atoms with Crippen LogP contribution in [-0.2, 0) is 14.3 Å². The van der Waals surface area contributed by atoms with Gasteiger partial charge >= 0.3 is 12.1 Å². The first-order valence-corrected chi connectivity index (χ1v) is 7.98. The molecule has 0 spiro atoms. The first-order valence-electron chi connectivity index (χ1n) is 7.98. The Bertz CT molecular complexity index is 430. The minimum absolute atomic E-state index is 0.00922. The Labute approximate surface area is 131 Å². The lowest BCUT2D eigenvalue weighted by molar-refractivity contribution is -0.156.